The van der Waals surface area contributed by atoms with Gasteiger partial charge in [-0.1, -0.05) is 0 Å². The van der Waals surface area contributed by atoms with Crippen LogP contribution >= 0.6 is 11.3 Å². The highest BCUT2D eigenvalue weighted by Gasteiger charge is 2.19. The summed E-state index contributed by atoms with van der Waals surface area (Å²) in [5.41, 5.74) is 0.833. The van der Waals surface area contributed by atoms with E-state index in [2.05, 4.69) is 4.98 Å². The highest BCUT2D eigenvalue weighted by molar-refractivity contribution is 7.12. The second kappa shape index (κ2) is 5.63. The first-order valence-electron chi connectivity index (χ1n) is 5.77. The zero-order chi connectivity index (χ0) is 14.7. The van der Waals surface area contributed by atoms with Crippen LogP contribution in [0.25, 0.3) is 0 Å². The maximum atomic E-state index is 12.3. The number of nitriles is 1. The first kappa shape index (κ1) is 13.9. The molecule has 0 aliphatic heterocycles. The fourth-order valence-electron chi connectivity index (χ4n) is 1.65. The van der Waals surface area contributed by atoms with Crippen molar-refractivity contribution >= 4 is 28.8 Å². The molecule has 0 saturated carbocycles. The number of pyridine rings is 1. The van der Waals surface area contributed by atoms with Gasteiger partial charge in [-0.15, -0.1) is 11.3 Å². The average molecular weight is 285 g/mol. The number of hydrogen-bond acceptors (Lipinski definition) is 5. The Kier molecular flexibility index (Phi) is 3.91. The second-order valence-corrected chi connectivity index (χ2v) is 5.02. The van der Waals surface area contributed by atoms with Gasteiger partial charge in [0.15, 0.2) is 11.6 Å². The number of thiophene rings is 1. The van der Waals surface area contributed by atoms with E-state index in [1.54, 1.807) is 30.6 Å². The molecule has 0 aromatic carbocycles. The zero-order valence-electron chi connectivity index (χ0n) is 11.0. The molecule has 0 spiro atoms. The maximum Gasteiger partial charge on any atom is 0.269 e. The van der Waals surface area contributed by atoms with Crippen LogP contribution in [-0.2, 0) is 0 Å². The van der Waals surface area contributed by atoms with Crippen molar-refractivity contribution in [3.63, 3.8) is 0 Å². The van der Waals surface area contributed by atoms with Crippen LogP contribution in [0.2, 0.25) is 0 Å². The highest BCUT2D eigenvalue weighted by atomic mass is 32.1. The molecule has 0 atom stereocenters. The molecule has 0 bridgehead atoms. The number of aromatic nitrogens is 1. The molecule has 0 radical (unpaired) electrons. The predicted molar refractivity (Wildman–Crippen MR) is 76.0 cm³/mol. The van der Waals surface area contributed by atoms with Gasteiger partial charge in [0.1, 0.15) is 6.07 Å². The Morgan fingerprint density at radius 3 is 2.80 bits per heavy atom. The van der Waals surface area contributed by atoms with Gasteiger partial charge in [0.05, 0.1) is 10.4 Å². The van der Waals surface area contributed by atoms with E-state index in [9.17, 15) is 9.59 Å². The maximum absolute atomic E-state index is 12.3. The van der Waals surface area contributed by atoms with Crippen molar-refractivity contribution in [1.29, 1.82) is 5.26 Å². The minimum absolute atomic E-state index is 0.0847. The standard InChI is InChI=1S/C14H11N3O2S/c1-9(18)11-6-12(20-8-11)14(19)17(2)13-10(7-15)4-3-5-16-13/h3-6,8H,1-2H3. The predicted octanol–water partition coefficient (Wildman–Crippen LogP) is 2.49. The molecule has 1 amide bonds. The summed E-state index contributed by atoms with van der Waals surface area (Å²) in [7, 11) is 1.55. The van der Waals surface area contributed by atoms with Crippen molar-refractivity contribution in [3.05, 3.63) is 45.8 Å². The van der Waals surface area contributed by atoms with E-state index in [4.69, 9.17) is 5.26 Å². The lowest BCUT2D eigenvalue weighted by Gasteiger charge is -2.16. The number of carbonyl (C=O) groups excluding carboxylic acids is 2. The third-order valence-electron chi connectivity index (χ3n) is 2.75. The smallest absolute Gasteiger partial charge is 0.269 e. The molecule has 2 rings (SSSR count). The van der Waals surface area contributed by atoms with Gasteiger partial charge in [-0.3, -0.25) is 14.5 Å². The van der Waals surface area contributed by atoms with Crippen molar-refractivity contribution in [3.8, 4) is 6.07 Å². The number of amides is 1. The molecule has 6 heteroatoms. The van der Waals surface area contributed by atoms with E-state index < -0.39 is 0 Å². The Bertz CT molecular complexity index is 715. The van der Waals surface area contributed by atoms with Crippen molar-refractivity contribution in [2.45, 2.75) is 6.92 Å². The van der Waals surface area contributed by atoms with Gasteiger partial charge in [0.25, 0.3) is 5.91 Å². The molecule has 2 aromatic rings. The molecule has 0 aliphatic carbocycles. The quantitative estimate of drug-likeness (QED) is 0.812. The monoisotopic (exact) mass is 285 g/mol. The molecule has 2 heterocycles. The van der Waals surface area contributed by atoms with Crippen LogP contribution < -0.4 is 4.90 Å². The molecule has 0 aliphatic rings. The molecule has 0 N–H and O–H groups in total. The summed E-state index contributed by atoms with van der Waals surface area (Å²) in [6, 6.07) is 6.79. The van der Waals surface area contributed by atoms with Gasteiger partial charge >= 0.3 is 0 Å². The molecule has 100 valence electrons. The zero-order valence-corrected chi connectivity index (χ0v) is 11.8. The van der Waals surface area contributed by atoms with Gasteiger partial charge in [-0.25, -0.2) is 4.98 Å². The van der Waals surface area contributed by atoms with Gasteiger partial charge in [0, 0.05) is 24.2 Å². The summed E-state index contributed by atoms with van der Waals surface area (Å²) in [5.74, 6) is -0.0750. The summed E-state index contributed by atoms with van der Waals surface area (Å²) >= 11 is 1.20. The summed E-state index contributed by atoms with van der Waals surface area (Å²) in [5, 5.41) is 10.7. The van der Waals surface area contributed by atoms with E-state index >= 15 is 0 Å². The lowest BCUT2D eigenvalue weighted by molar-refractivity contribution is 0.0995. The lowest BCUT2D eigenvalue weighted by Crippen LogP contribution is -2.27. The third kappa shape index (κ3) is 2.58. The topological polar surface area (TPSA) is 74.1 Å². The third-order valence-corrected chi connectivity index (χ3v) is 3.66. The molecule has 0 saturated heterocycles. The average Bonchev–Trinajstić information content (AvgIpc) is 2.95. The van der Waals surface area contributed by atoms with Crippen LogP contribution in [0.3, 0.4) is 0 Å². The molecular formula is C14H11N3O2S. The normalized spacial score (nSPS) is 9.85. The Balaban J connectivity index is 2.33. The van der Waals surface area contributed by atoms with Crippen LogP contribution in [0.15, 0.2) is 29.8 Å². The van der Waals surface area contributed by atoms with Crippen LogP contribution in [0.5, 0.6) is 0 Å². The number of nitrogens with zero attached hydrogens (tertiary/aromatic N) is 3. The fourth-order valence-corrected chi connectivity index (χ4v) is 2.57. The van der Waals surface area contributed by atoms with Crippen LogP contribution in [-0.4, -0.2) is 23.7 Å². The van der Waals surface area contributed by atoms with Crippen molar-refractivity contribution in [1.82, 2.24) is 4.98 Å². The fraction of sp³-hybridized carbons (Fsp3) is 0.143. The molecule has 0 fully saturated rings. The molecule has 20 heavy (non-hydrogen) atoms. The van der Waals surface area contributed by atoms with Crippen LogP contribution in [0.1, 0.15) is 32.5 Å². The van der Waals surface area contributed by atoms with E-state index in [0.29, 0.717) is 21.8 Å². The lowest BCUT2D eigenvalue weighted by atomic mass is 10.2. The molecule has 2 aromatic heterocycles. The highest BCUT2D eigenvalue weighted by Crippen LogP contribution is 2.21. The summed E-state index contributed by atoms with van der Waals surface area (Å²) in [6.07, 6.45) is 1.52. The van der Waals surface area contributed by atoms with Crippen molar-refractivity contribution in [2.75, 3.05) is 11.9 Å². The van der Waals surface area contributed by atoms with Gasteiger partial charge in [-0.05, 0) is 25.1 Å². The number of Topliss-reactive ketones (excluding diaryl/α,β-unsaturated/α-hetero) is 1. The summed E-state index contributed by atoms with van der Waals surface area (Å²) in [6.45, 7) is 1.45. The SMILES string of the molecule is CC(=O)c1csc(C(=O)N(C)c2ncccc2C#N)c1. The van der Waals surface area contributed by atoms with Crippen LogP contribution in [0, 0.1) is 11.3 Å². The minimum Gasteiger partial charge on any atom is -0.294 e. The first-order valence-corrected chi connectivity index (χ1v) is 6.65. The molecule has 0 unspecified atom stereocenters. The van der Waals surface area contributed by atoms with Gasteiger partial charge in [0.2, 0.25) is 0 Å². The summed E-state index contributed by atoms with van der Waals surface area (Å²) < 4.78 is 0. The van der Waals surface area contributed by atoms with E-state index in [0.717, 1.165) is 0 Å². The number of carbonyl (C=O) groups is 2. The Morgan fingerprint density at radius 2 is 2.20 bits per heavy atom. The second-order valence-electron chi connectivity index (χ2n) is 4.11. The first-order chi connectivity index (χ1) is 9.54. The largest absolute Gasteiger partial charge is 0.294 e. The number of anilines is 1. The van der Waals surface area contributed by atoms with E-state index in [1.165, 1.54) is 29.4 Å². The number of hydrogen-bond donors (Lipinski definition) is 0. The van der Waals surface area contributed by atoms with E-state index in [1.807, 2.05) is 6.07 Å². The van der Waals surface area contributed by atoms with Gasteiger partial charge < -0.3 is 0 Å². The number of ketones is 1. The van der Waals surface area contributed by atoms with Crippen LogP contribution in [0.4, 0.5) is 5.82 Å². The van der Waals surface area contributed by atoms with Gasteiger partial charge in [-0.2, -0.15) is 5.26 Å². The molecule has 5 nitrogen and oxygen atoms in total. The molecular weight excluding hydrogens is 274 g/mol. The Hall–Kier alpha value is -2.52. The summed E-state index contributed by atoms with van der Waals surface area (Å²) in [4.78, 5) is 29.4. The van der Waals surface area contributed by atoms with E-state index in [-0.39, 0.29) is 11.7 Å². The minimum atomic E-state index is -0.294. The number of rotatable bonds is 3. The Labute approximate surface area is 120 Å². The Morgan fingerprint density at radius 1 is 1.45 bits per heavy atom. The van der Waals surface area contributed by atoms with Crippen molar-refractivity contribution in [2.24, 2.45) is 0 Å². The van der Waals surface area contributed by atoms with Crippen molar-refractivity contribution < 1.29 is 9.59 Å².